The lowest BCUT2D eigenvalue weighted by Gasteiger charge is -2.21. The standard InChI is InChI=1S/C18H19ClN2O5/c1-25-17(23)12-21(11-13-4-6-14(19)7-5-13)16(22)8-9-20-18(24)15-3-2-10-26-15/h2-7,10H,8-9,11-12H2,1H3,(H,20,24). The molecule has 0 aliphatic rings. The van der Waals surface area contributed by atoms with Crippen LogP contribution in [-0.4, -0.2) is 42.9 Å². The van der Waals surface area contributed by atoms with Crippen LogP contribution in [0, 0.1) is 0 Å². The molecule has 1 N–H and O–H groups in total. The summed E-state index contributed by atoms with van der Waals surface area (Å²) >= 11 is 5.86. The molecule has 2 amide bonds. The fourth-order valence-electron chi connectivity index (χ4n) is 2.20. The first kappa shape index (κ1) is 19.5. The third-order valence-corrected chi connectivity index (χ3v) is 3.81. The van der Waals surface area contributed by atoms with Crippen molar-refractivity contribution >= 4 is 29.4 Å². The van der Waals surface area contributed by atoms with E-state index in [2.05, 4.69) is 10.1 Å². The lowest BCUT2D eigenvalue weighted by molar-refractivity contribution is -0.147. The van der Waals surface area contributed by atoms with Crippen LogP contribution in [0.4, 0.5) is 0 Å². The third-order valence-electron chi connectivity index (χ3n) is 3.56. The van der Waals surface area contributed by atoms with Gasteiger partial charge < -0.3 is 19.4 Å². The zero-order chi connectivity index (χ0) is 18.9. The average Bonchev–Trinajstić information content (AvgIpc) is 3.17. The minimum absolute atomic E-state index is 0.0387. The highest BCUT2D eigenvalue weighted by atomic mass is 35.5. The number of methoxy groups -OCH3 is 1. The van der Waals surface area contributed by atoms with Crippen LogP contribution in [0.3, 0.4) is 0 Å². The van der Waals surface area contributed by atoms with Crippen LogP contribution in [0.25, 0.3) is 0 Å². The number of furan rings is 1. The van der Waals surface area contributed by atoms with Gasteiger partial charge in [0.25, 0.3) is 5.91 Å². The first-order valence-corrected chi connectivity index (χ1v) is 8.28. The van der Waals surface area contributed by atoms with Crippen molar-refractivity contribution in [3.8, 4) is 0 Å². The Morgan fingerprint density at radius 1 is 1.19 bits per heavy atom. The zero-order valence-electron chi connectivity index (χ0n) is 14.2. The first-order valence-electron chi connectivity index (χ1n) is 7.90. The largest absolute Gasteiger partial charge is 0.468 e. The van der Waals surface area contributed by atoms with Crippen molar-refractivity contribution in [2.75, 3.05) is 20.2 Å². The zero-order valence-corrected chi connectivity index (χ0v) is 15.0. The number of nitrogens with one attached hydrogen (secondary N) is 1. The van der Waals surface area contributed by atoms with Crippen molar-refractivity contribution in [2.45, 2.75) is 13.0 Å². The minimum atomic E-state index is -0.521. The number of carbonyl (C=O) groups is 3. The van der Waals surface area contributed by atoms with Gasteiger partial charge in [-0.15, -0.1) is 0 Å². The van der Waals surface area contributed by atoms with E-state index in [1.807, 2.05) is 0 Å². The van der Waals surface area contributed by atoms with Crippen LogP contribution in [0.1, 0.15) is 22.5 Å². The van der Waals surface area contributed by atoms with E-state index in [9.17, 15) is 14.4 Å². The van der Waals surface area contributed by atoms with Gasteiger partial charge in [-0.25, -0.2) is 0 Å². The Labute approximate surface area is 155 Å². The summed E-state index contributed by atoms with van der Waals surface area (Å²) in [7, 11) is 1.26. The molecule has 1 heterocycles. The third kappa shape index (κ3) is 5.93. The van der Waals surface area contributed by atoms with Gasteiger partial charge in [0.05, 0.1) is 13.4 Å². The molecule has 0 bridgehead atoms. The number of amides is 2. The summed E-state index contributed by atoms with van der Waals surface area (Å²) in [6, 6.07) is 10.1. The van der Waals surface area contributed by atoms with Crippen LogP contribution in [-0.2, 0) is 20.9 Å². The molecule has 0 saturated heterocycles. The molecule has 2 aromatic rings. The van der Waals surface area contributed by atoms with Crippen molar-refractivity contribution < 1.29 is 23.5 Å². The highest BCUT2D eigenvalue weighted by molar-refractivity contribution is 6.30. The Morgan fingerprint density at radius 2 is 1.92 bits per heavy atom. The second-order valence-corrected chi connectivity index (χ2v) is 5.87. The van der Waals surface area contributed by atoms with E-state index in [4.69, 9.17) is 16.0 Å². The molecule has 7 nitrogen and oxygen atoms in total. The molecule has 1 aromatic heterocycles. The molecule has 0 unspecified atom stereocenters. The quantitative estimate of drug-likeness (QED) is 0.712. The molecular formula is C18H19ClN2O5. The van der Waals surface area contributed by atoms with Crippen LogP contribution in [0.15, 0.2) is 47.1 Å². The fourth-order valence-corrected chi connectivity index (χ4v) is 2.32. The molecule has 26 heavy (non-hydrogen) atoms. The molecular weight excluding hydrogens is 360 g/mol. The molecule has 0 spiro atoms. The molecule has 0 fully saturated rings. The van der Waals surface area contributed by atoms with Crippen molar-refractivity contribution in [1.29, 1.82) is 0 Å². The van der Waals surface area contributed by atoms with E-state index in [0.29, 0.717) is 5.02 Å². The summed E-state index contributed by atoms with van der Waals surface area (Å²) in [5.41, 5.74) is 0.825. The van der Waals surface area contributed by atoms with Gasteiger partial charge in [-0.3, -0.25) is 14.4 Å². The summed E-state index contributed by atoms with van der Waals surface area (Å²) in [5, 5.41) is 3.18. The summed E-state index contributed by atoms with van der Waals surface area (Å²) in [4.78, 5) is 37.2. The predicted molar refractivity (Wildman–Crippen MR) is 94.5 cm³/mol. The topological polar surface area (TPSA) is 88.9 Å². The smallest absolute Gasteiger partial charge is 0.325 e. The van der Waals surface area contributed by atoms with Crippen molar-refractivity contribution in [2.24, 2.45) is 0 Å². The minimum Gasteiger partial charge on any atom is -0.468 e. The maximum Gasteiger partial charge on any atom is 0.325 e. The fraction of sp³-hybridized carbons (Fsp3) is 0.278. The van der Waals surface area contributed by atoms with Crippen molar-refractivity contribution in [3.05, 3.63) is 59.0 Å². The Bertz CT molecular complexity index is 743. The van der Waals surface area contributed by atoms with E-state index in [0.717, 1.165) is 5.56 Å². The maximum atomic E-state index is 12.5. The van der Waals surface area contributed by atoms with Gasteiger partial charge in [0.15, 0.2) is 5.76 Å². The second-order valence-electron chi connectivity index (χ2n) is 5.44. The number of halogens is 1. The predicted octanol–water partition coefficient (Wildman–Crippen LogP) is 2.25. The van der Waals surface area contributed by atoms with Crippen LogP contribution in [0.5, 0.6) is 0 Å². The second kappa shape index (κ2) is 9.62. The molecule has 0 radical (unpaired) electrons. The van der Waals surface area contributed by atoms with E-state index < -0.39 is 11.9 Å². The number of esters is 1. The van der Waals surface area contributed by atoms with Gasteiger partial charge in [0, 0.05) is 24.5 Å². The number of ether oxygens (including phenoxy) is 1. The summed E-state index contributed by atoms with van der Waals surface area (Å²) in [6.45, 7) is 0.179. The van der Waals surface area contributed by atoms with Gasteiger partial charge in [-0.2, -0.15) is 0 Å². The Hall–Kier alpha value is -2.80. The number of nitrogens with zero attached hydrogens (tertiary/aromatic N) is 1. The number of rotatable bonds is 8. The van der Waals surface area contributed by atoms with Gasteiger partial charge in [0.2, 0.25) is 5.91 Å². The van der Waals surface area contributed by atoms with E-state index in [-0.39, 0.29) is 37.7 Å². The van der Waals surface area contributed by atoms with E-state index in [1.54, 1.807) is 30.3 Å². The Morgan fingerprint density at radius 3 is 2.54 bits per heavy atom. The van der Waals surface area contributed by atoms with E-state index in [1.165, 1.54) is 24.3 Å². The number of hydrogen-bond acceptors (Lipinski definition) is 5. The van der Waals surface area contributed by atoms with Crippen LogP contribution >= 0.6 is 11.6 Å². The van der Waals surface area contributed by atoms with Gasteiger partial charge in [-0.05, 0) is 29.8 Å². The van der Waals surface area contributed by atoms with Crippen molar-refractivity contribution in [1.82, 2.24) is 10.2 Å². The lowest BCUT2D eigenvalue weighted by Crippen LogP contribution is -2.37. The average molecular weight is 379 g/mol. The maximum absolute atomic E-state index is 12.5. The highest BCUT2D eigenvalue weighted by Crippen LogP contribution is 2.12. The van der Waals surface area contributed by atoms with Gasteiger partial charge in [0.1, 0.15) is 6.54 Å². The molecule has 0 atom stereocenters. The molecule has 2 rings (SSSR count). The van der Waals surface area contributed by atoms with Gasteiger partial charge in [-0.1, -0.05) is 23.7 Å². The summed E-state index contributed by atoms with van der Waals surface area (Å²) in [6.07, 6.45) is 1.43. The number of hydrogen-bond donors (Lipinski definition) is 1. The molecule has 8 heteroatoms. The van der Waals surface area contributed by atoms with Gasteiger partial charge >= 0.3 is 5.97 Å². The lowest BCUT2D eigenvalue weighted by atomic mass is 10.2. The van der Waals surface area contributed by atoms with Crippen LogP contribution < -0.4 is 5.32 Å². The SMILES string of the molecule is COC(=O)CN(Cc1ccc(Cl)cc1)C(=O)CCNC(=O)c1ccco1. The monoisotopic (exact) mass is 378 g/mol. The van der Waals surface area contributed by atoms with Crippen molar-refractivity contribution in [3.63, 3.8) is 0 Å². The molecule has 1 aromatic carbocycles. The summed E-state index contributed by atoms with van der Waals surface area (Å²) in [5.74, 6) is -1.04. The Kier molecular flexibility index (Phi) is 7.23. The molecule has 0 aliphatic carbocycles. The van der Waals surface area contributed by atoms with E-state index >= 15 is 0 Å². The first-order chi connectivity index (χ1) is 12.5. The summed E-state index contributed by atoms with van der Waals surface area (Å²) < 4.78 is 9.62. The number of benzene rings is 1. The molecule has 0 aliphatic heterocycles. The number of carbonyl (C=O) groups excluding carboxylic acids is 3. The molecule has 138 valence electrons. The molecule has 0 saturated carbocycles. The normalized spacial score (nSPS) is 10.2. The highest BCUT2D eigenvalue weighted by Gasteiger charge is 2.18. The Balaban J connectivity index is 1.92. The van der Waals surface area contributed by atoms with Crippen LogP contribution in [0.2, 0.25) is 5.02 Å².